The third-order valence-corrected chi connectivity index (χ3v) is 4.11. The van der Waals surface area contributed by atoms with Crippen LogP contribution in [-0.4, -0.2) is 44.9 Å². The maximum atomic E-state index is 11.4. The number of carbonyl (C=O) groups is 1. The van der Waals surface area contributed by atoms with Crippen molar-refractivity contribution in [2.24, 2.45) is 0 Å². The van der Waals surface area contributed by atoms with E-state index in [1.165, 1.54) is 0 Å². The summed E-state index contributed by atoms with van der Waals surface area (Å²) in [6.45, 7) is 9.93. The molecule has 0 heterocycles. The Labute approximate surface area is 115 Å². The van der Waals surface area contributed by atoms with E-state index in [9.17, 15) is 9.90 Å². The number of carboxylic acid groups (broad SMARTS) is 1. The molecule has 0 spiro atoms. The van der Waals surface area contributed by atoms with Crippen molar-refractivity contribution in [2.45, 2.75) is 69.5 Å². The van der Waals surface area contributed by atoms with Crippen LogP contribution in [0.2, 0.25) is 0 Å². The van der Waals surface area contributed by atoms with Crippen LogP contribution in [0.25, 0.3) is 0 Å². The number of aliphatic carboxylic acids is 1. The lowest BCUT2D eigenvalue weighted by atomic mass is 9.95. The Kier molecular flexibility index (Phi) is 7.90. The van der Waals surface area contributed by atoms with E-state index in [-0.39, 0.29) is 17.9 Å². The van der Waals surface area contributed by atoms with E-state index in [4.69, 9.17) is 5.11 Å². The third-order valence-electron chi connectivity index (χ3n) is 2.78. The average Bonchev–Trinajstić information content (AvgIpc) is 2.15. The maximum absolute atomic E-state index is 11.4. The number of hydrogen-bond donors (Lipinski definition) is 3. The minimum atomic E-state index is -0.889. The van der Waals surface area contributed by atoms with Crippen LogP contribution < -0.4 is 5.32 Å². The molecule has 3 N–H and O–H groups in total. The second-order valence-electron chi connectivity index (χ2n) is 5.41. The Balaban J connectivity index is 4.45. The van der Waals surface area contributed by atoms with Gasteiger partial charge in [0.05, 0.1) is 0 Å². The van der Waals surface area contributed by atoms with Gasteiger partial charge in [0, 0.05) is 23.1 Å². The Bertz CT molecular complexity index is 261. The van der Waals surface area contributed by atoms with Crippen LogP contribution in [0.1, 0.15) is 47.5 Å². The second kappa shape index (κ2) is 8.02. The van der Waals surface area contributed by atoms with Gasteiger partial charge in [-0.15, -0.1) is 0 Å². The van der Waals surface area contributed by atoms with E-state index >= 15 is 0 Å². The van der Waals surface area contributed by atoms with Gasteiger partial charge >= 0.3 is 5.97 Å². The highest BCUT2D eigenvalue weighted by Gasteiger charge is 2.35. The molecule has 0 aliphatic rings. The fourth-order valence-corrected chi connectivity index (χ4v) is 3.58. The van der Waals surface area contributed by atoms with Gasteiger partial charge < -0.3 is 10.2 Å². The molecule has 5 heteroatoms. The van der Waals surface area contributed by atoms with E-state index in [1.54, 1.807) is 18.7 Å². The number of aliphatic hydroxyl groups is 1. The van der Waals surface area contributed by atoms with Gasteiger partial charge in [0.1, 0.15) is 5.54 Å². The van der Waals surface area contributed by atoms with E-state index in [2.05, 4.69) is 12.2 Å². The fraction of sp³-hybridized carbons (Fsp3) is 0.923. The van der Waals surface area contributed by atoms with Gasteiger partial charge in [-0.3, -0.25) is 10.1 Å². The number of carboxylic acids is 1. The van der Waals surface area contributed by atoms with Crippen LogP contribution in [-0.2, 0) is 4.79 Å². The summed E-state index contributed by atoms with van der Waals surface area (Å²) in [5.41, 5.74) is -0.889. The van der Waals surface area contributed by atoms with Gasteiger partial charge in [0.2, 0.25) is 0 Å². The quantitative estimate of drug-likeness (QED) is 0.602. The number of hydrogen-bond acceptors (Lipinski definition) is 4. The maximum Gasteiger partial charge on any atom is 0.323 e. The first-order valence-corrected chi connectivity index (χ1v) is 7.43. The molecule has 0 amide bonds. The molecule has 0 fully saturated rings. The lowest BCUT2D eigenvalue weighted by Gasteiger charge is -2.31. The van der Waals surface area contributed by atoms with E-state index < -0.39 is 11.5 Å². The molecule has 3 unspecified atom stereocenters. The largest absolute Gasteiger partial charge is 0.480 e. The summed E-state index contributed by atoms with van der Waals surface area (Å²) >= 11 is 1.73. The highest BCUT2D eigenvalue weighted by Crippen LogP contribution is 2.27. The minimum Gasteiger partial charge on any atom is -0.480 e. The summed E-state index contributed by atoms with van der Waals surface area (Å²) in [6.07, 6.45) is 1.32. The molecule has 0 rings (SSSR count). The van der Waals surface area contributed by atoms with Crippen molar-refractivity contribution < 1.29 is 15.0 Å². The van der Waals surface area contributed by atoms with Crippen molar-refractivity contribution in [3.8, 4) is 0 Å². The first-order chi connectivity index (χ1) is 8.21. The van der Waals surface area contributed by atoms with E-state index in [0.717, 1.165) is 6.42 Å². The molecule has 0 saturated carbocycles. The zero-order valence-electron chi connectivity index (χ0n) is 12.1. The molecule has 0 aromatic heterocycles. The zero-order valence-corrected chi connectivity index (χ0v) is 12.9. The van der Waals surface area contributed by atoms with E-state index in [1.807, 2.05) is 20.8 Å². The Hall–Kier alpha value is -0.260. The molecule has 0 aliphatic carbocycles. The van der Waals surface area contributed by atoms with Crippen molar-refractivity contribution >= 4 is 17.7 Å². The summed E-state index contributed by atoms with van der Waals surface area (Å²) in [6, 6.07) is 0.137. The standard InChI is InChI=1S/C13H27NO3S/c1-9(2)14-13(5,12(16)17)8-11(4)18-10(3)6-7-15/h9-11,14-15H,6-8H2,1-5H3,(H,16,17). The predicted octanol–water partition coefficient (Wildman–Crippen LogP) is 2.11. The monoisotopic (exact) mass is 277 g/mol. The lowest BCUT2D eigenvalue weighted by molar-refractivity contribution is -0.144. The van der Waals surface area contributed by atoms with Crippen LogP contribution in [0, 0.1) is 0 Å². The first-order valence-electron chi connectivity index (χ1n) is 6.48. The van der Waals surface area contributed by atoms with Gasteiger partial charge in [-0.25, -0.2) is 0 Å². The highest BCUT2D eigenvalue weighted by atomic mass is 32.2. The summed E-state index contributed by atoms with van der Waals surface area (Å²) < 4.78 is 0. The molecule has 0 aromatic rings. The van der Waals surface area contributed by atoms with Gasteiger partial charge in [0.15, 0.2) is 0 Å². The van der Waals surface area contributed by atoms with Gasteiger partial charge in [0.25, 0.3) is 0 Å². The number of thioether (sulfide) groups is 1. The topological polar surface area (TPSA) is 69.6 Å². The van der Waals surface area contributed by atoms with Crippen LogP contribution >= 0.6 is 11.8 Å². The molecule has 18 heavy (non-hydrogen) atoms. The van der Waals surface area contributed by atoms with Crippen molar-refractivity contribution in [1.82, 2.24) is 5.32 Å². The summed E-state index contributed by atoms with van der Waals surface area (Å²) in [5.74, 6) is -0.807. The number of nitrogens with one attached hydrogen (secondary N) is 1. The molecule has 0 saturated heterocycles. The van der Waals surface area contributed by atoms with Crippen molar-refractivity contribution in [3.05, 3.63) is 0 Å². The second-order valence-corrected chi connectivity index (χ2v) is 7.29. The smallest absolute Gasteiger partial charge is 0.323 e. The number of aliphatic hydroxyl groups excluding tert-OH is 1. The fourth-order valence-electron chi connectivity index (χ4n) is 2.11. The molecule has 0 aromatic carbocycles. The van der Waals surface area contributed by atoms with Crippen LogP contribution in [0.3, 0.4) is 0 Å². The van der Waals surface area contributed by atoms with Crippen molar-refractivity contribution in [1.29, 1.82) is 0 Å². The molecular weight excluding hydrogens is 250 g/mol. The average molecular weight is 277 g/mol. The molecule has 4 nitrogen and oxygen atoms in total. The zero-order chi connectivity index (χ0) is 14.3. The van der Waals surface area contributed by atoms with Crippen molar-refractivity contribution in [3.63, 3.8) is 0 Å². The van der Waals surface area contributed by atoms with Gasteiger partial charge in [-0.2, -0.15) is 11.8 Å². The van der Waals surface area contributed by atoms with Crippen LogP contribution in [0.5, 0.6) is 0 Å². The minimum absolute atomic E-state index is 0.137. The predicted molar refractivity (Wildman–Crippen MR) is 77.1 cm³/mol. The van der Waals surface area contributed by atoms with Gasteiger partial charge in [-0.1, -0.05) is 13.8 Å². The SMILES string of the molecule is CC(C)NC(C)(CC(C)SC(C)CCO)C(=O)O. The van der Waals surface area contributed by atoms with Crippen LogP contribution in [0.4, 0.5) is 0 Å². The molecular formula is C13H27NO3S. The number of rotatable bonds is 9. The van der Waals surface area contributed by atoms with Crippen LogP contribution in [0.15, 0.2) is 0 Å². The van der Waals surface area contributed by atoms with Gasteiger partial charge in [-0.05, 0) is 33.6 Å². The van der Waals surface area contributed by atoms with E-state index in [0.29, 0.717) is 11.7 Å². The third kappa shape index (κ3) is 6.61. The lowest BCUT2D eigenvalue weighted by Crippen LogP contribution is -2.53. The molecule has 3 atom stereocenters. The van der Waals surface area contributed by atoms with Crippen molar-refractivity contribution in [2.75, 3.05) is 6.61 Å². The Morgan fingerprint density at radius 1 is 1.28 bits per heavy atom. The Morgan fingerprint density at radius 2 is 1.83 bits per heavy atom. The summed E-state index contributed by atoms with van der Waals surface area (Å²) in [4.78, 5) is 11.4. The molecule has 0 bridgehead atoms. The Morgan fingerprint density at radius 3 is 2.22 bits per heavy atom. The molecule has 0 aliphatic heterocycles. The summed E-state index contributed by atoms with van der Waals surface area (Å²) in [7, 11) is 0. The molecule has 0 radical (unpaired) electrons. The highest BCUT2D eigenvalue weighted by molar-refractivity contribution is 8.00. The summed E-state index contributed by atoms with van der Waals surface area (Å²) in [5, 5.41) is 21.9. The first kappa shape index (κ1) is 17.7. The normalized spacial score (nSPS) is 18.4. The molecule has 108 valence electrons.